The number of hydrogen-bond acceptors (Lipinski definition) is 3. The van der Waals surface area contributed by atoms with E-state index in [1.807, 2.05) is 0 Å². The van der Waals surface area contributed by atoms with E-state index >= 15 is 0 Å². The lowest BCUT2D eigenvalue weighted by Gasteiger charge is -2.32. The number of halogens is 3. The fourth-order valence-corrected chi connectivity index (χ4v) is 4.43. The average Bonchev–Trinajstić information content (AvgIpc) is 2.30. The zero-order chi connectivity index (χ0) is 15.8. The van der Waals surface area contributed by atoms with Gasteiger partial charge in [-0.2, -0.15) is 0 Å². The Hall–Kier alpha value is -0.330. The highest BCUT2D eigenvalue weighted by Crippen LogP contribution is 2.36. The largest absolute Gasteiger partial charge is 0.489 e. The third kappa shape index (κ3) is 4.33. The first-order valence-electron chi connectivity index (χ1n) is 6.77. The molecule has 0 aromatic heterocycles. The van der Waals surface area contributed by atoms with E-state index in [-0.39, 0.29) is 6.10 Å². The molecule has 0 aliphatic heterocycles. The molecule has 2 unspecified atom stereocenters. The van der Waals surface area contributed by atoms with Crippen LogP contribution in [0.15, 0.2) is 21.5 Å². The second-order valence-corrected chi connectivity index (χ2v) is 9.20. The zero-order valence-electron chi connectivity index (χ0n) is 11.8. The minimum Gasteiger partial charge on any atom is -0.489 e. The highest BCUT2D eigenvalue weighted by molar-refractivity contribution is 9.10. The molecule has 1 aromatic carbocycles. The maximum atomic E-state index is 13.9. The first-order valence-corrected chi connectivity index (χ1v) is 9.87. The third-order valence-electron chi connectivity index (χ3n) is 3.68. The summed E-state index contributed by atoms with van der Waals surface area (Å²) in [5.41, 5.74) is 0. The van der Waals surface area contributed by atoms with Crippen LogP contribution >= 0.6 is 26.6 Å². The molecular weight excluding hydrogens is 383 g/mol. The quantitative estimate of drug-likeness (QED) is 0.691. The first kappa shape index (κ1) is 17.0. The second-order valence-electron chi connectivity index (χ2n) is 5.81. The molecule has 0 amide bonds. The van der Waals surface area contributed by atoms with Crippen LogP contribution in [0.2, 0.25) is 0 Å². The molecule has 2 atom stereocenters. The summed E-state index contributed by atoms with van der Waals surface area (Å²) in [6.45, 7) is 4.34. The molecule has 21 heavy (non-hydrogen) atoms. The van der Waals surface area contributed by atoms with Gasteiger partial charge in [-0.15, -0.1) is 0 Å². The van der Waals surface area contributed by atoms with Crippen molar-refractivity contribution in [3.05, 3.63) is 22.4 Å². The van der Waals surface area contributed by atoms with Crippen molar-refractivity contribution in [3.63, 3.8) is 0 Å². The van der Waals surface area contributed by atoms with Crippen LogP contribution in [0.1, 0.15) is 33.1 Å². The van der Waals surface area contributed by atoms with Crippen molar-refractivity contribution in [2.75, 3.05) is 0 Å². The lowest BCUT2D eigenvalue weighted by Crippen LogP contribution is -2.28. The molecule has 1 aromatic rings. The lowest BCUT2D eigenvalue weighted by molar-refractivity contribution is 0.0999. The van der Waals surface area contributed by atoms with Crippen LogP contribution in [-0.4, -0.2) is 14.5 Å². The maximum absolute atomic E-state index is 13.9. The van der Waals surface area contributed by atoms with Crippen molar-refractivity contribution in [1.29, 1.82) is 0 Å². The Kier molecular flexibility index (Phi) is 5.21. The van der Waals surface area contributed by atoms with Gasteiger partial charge in [0, 0.05) is 16.7 Å². The van der Waals surface area contributed by atoms with Crippen molar-refractivity contribution < 1.29 is 17.5 Å². The van der Waals surface area contributed by atoms with E-state index < -0.39 is 19.8 Å². The van der Waals surface area contributed by atoms with Crippen LogP contribution in [0.5, 0.6) is 5.75 Å². The van der Waals surface area contributed by atoms with Crippen LogP contribution < -0.4 is 4.74 Å². The Morgan fingerprint density at radius 1 is 1.24 bits per heavy atom. The Morgan fingerprint density at radius 2 is 1.81 bits per heavy atom. The van der Waals surface area contributed by atoms with Crippen LogP contribution in [-0.2, 0) is 9.05 Å². The van der Waals surface area contributed by atoms with Gasteiger partial charge in [-0.05, 0) is 53.1 Å². The third-order valence-corrected chi connectivity index (χ3v) is 5.63. The van der Waals surface area contributed by atoms with Crippen LogP contribution in [0.4, 0.5) is 4.39 Å². The summed E-state index contributed by atoms with van der Waals surface area (Å²) in [6.07, 6.45) is 3.00. The summed E-state index contributed by atoms with van der Waals surface area (Å²) in [5.74, 6) is 0.526. The van der Waals surface area contributed by atoms with E-state index in [1.165, 1.54) is 6.42 Å². The van der Waals surface area contributed by atoms with Gasteiger partial charge in [0.15, 0.2) is 0 Å². The molecule has 1 aliphatic rings. The van der Waals surface area contributed by atoms with Gasteiger partial charge >= 0.3 is 0 Å². The van der Waals surface area contributed by atoms with Crippen LogP contribution in [0.3, 0.4) is 0 Å². The Bertz CT molecular complexity index is 625. The van der Waals surface area contributed by atoms with E-state index in [0.717, 1.165) is 25.0 Å². The summed E-state index contributed by atoms with van der Waals surface area (Å²) in [5, 5.41) is 0. The molecule has 1 saturated carbocycles. The second kappa shape index (κ2) is 6.42. The molecule has 0 spiro atoms. The van der Waals surface area contributed by atoms with E-state index in [9.17, 15) is 12.8 Å². The predicted octanol–water partition coefficient (Wildman–Crippen LogP) is 4.72. The van der Waals surface area contributed by atoms with E-state index in [2.05, 4.69) is 29.8 Å². The standard InChI is InChI=1S/C14H17BrClFO3S/c1-8-3-9(2)5-10(4-8)20-13-7-12(17)14(6-11(13)15)21(16,18)19/h6-10H,3-5H2,1-2H3. The van der Waals surface area contributed by atoms with Gasteiger partial charge < -0.3 is 4.74 Å². The zero-order valence-corrected chi connectivity index (χ0v) is 14.9. The van der Waals surface area contributed by atoms with Crippen molar-refractivity contribution in [1.82, 2.24) is 0 Å². The van der Waals surface area contributed by atoms with Gasteiger partial charge in [0.2, 0.25) is 0 Å². The fourth-order valence-electron chi connectivity index (χ4n) is 2.94. The van der Waals surface area contributed by atoms with Gasteiger partial charge in [0.25, 0.3) is 9.05 Å². The van der Waals surface area contributed by atoms with Gasteiger partial charge in [-0.3, -0.25) is 0 Å². The minimum absolute atomic E-state index is 0.0120. The van der Waals surface area contributed by atoms with E-state index in [0.29, 0.717) is 22.1 Å². The molecule has 1 aliphatic carbocycles. The van der Waals surface area contributed by atoms with Gasteiger partial charge in [-0.1, -0.05) is 13.8 Å². The Morgan fingerprint density at radius 3 is 2.33 bits per heavy atom. The van der Waals surface area contributed by atoms with Gasteiger partial charge in [0.1, 0.15) is 16.5 Å². The van der Waals surface area contributed by atoms with E-state index in [1.54, 1.807) is 0 Å². The van der Waals surface area contributed by atoms with Crippen LogP contribution in [0, 0.1) is 17.7 Å². The monoisotopic (exact) mass is 398 g/mol. The molecule has 0 N–H and O–H groups in total. The SMILES string of the molecule is CC1CC(C)CC(Oc2cc(F)c(S(=O)(=O)Cl)cc2Br)C1. The smallest absolute Gasteiger partial charge is 0.264 e. The predicted molar refractivity (Wildman–Crippen MR) is 83.7 cm³/mol. The molecule has 0 radical (unpaired) electrons. The van der Waals surface area contributed by atoms with Gasteiger partial charge in [0.05, 0.1) is 10.6 Å². The van der Waals surface area contributed by atoms with Crippen LogP contribution in [0.25, 0.3) is 0 Å². The minimum atomic E-state index is -4.11. The van der Waals surface area contributed by atoms with Crippen molar-refractivity contribution >= 4 is 35.7 Å². The average molecular weight is 400 g/mol. The lowest BCUT2D eigenvalue weighted by atomic mass is 9.82. The first-order chi connectivity index (χ1) is 9.66. The summed E-state index contributed by atoms with van der Waals surface area (Å²) < 4.78 is 42.6. The molecule has 2 rings (SSSR count). The summed E-state index contributed by atoms with van der Waals surface area (Å²) in [4.78, 5) is -0.547. The molecular formula is C14H17BrClFO3S. The number of hydrogen-bond donors (Lipinski definition) is 0. The number of rotatable bonds is 3. The highest BCUT2D eigenvalue weighted by Gasteiger charge is 2.27. The van der Waals surface area contributed by atoms with Gasteiger partial charge in [-0.25, -0.2) is 12.8 Å². The molecule has 7 heteroatoms. The topological polar surface area (TPSA) is 43.4 Å². The molecule has 118 valence electrons. The maximum Gasteiger partial charge on any atom is 0.264 e. The molecule has 0 bridgehead atoms. The number of benzene rings is 1. The summed E-state index contributed by atoms with van der Waals surface area (Å²) in [6, 6.07) is 2.21. The fraction of sp³-hybridized carbons (Fsp3) is 0.571. The Balaban J connectivity index is 2.23. The van der Waals surface area contributed by atoms with E-state index in [4.69, 9.17) is 15.4 Å². The Labute approximate surface area is 137 Å². The van der Waals surface area contributed by atoms with Crippen molar-refractivity contribution in [2.45, 2.75) is 44.1 Å². The normalized spacial score (nSPS) is 26.6. The highest BCUT2D eigenvalue weighted by atomic mass is 79.9. The summed E-state index contributed by atoms with van der Waals surface area (Å²) in [7, 11) is 1.08. The molecule has 0 heterocycles. The molecule has 3 nitrogen and oxygen atoms in total. The van der Waals surface area contributed by atoms with Crippen molar-refractivity contribution in [3.8, 4) is 5.75 Å². The van der Waals surface area contributed by atoms with Crippen molar-refractivity contribution in [2.24, 2.45) is 11.8 Å². The molecule has 0 saturated heterocycles. The summed E-state index contributed by atoms with van der Waals surface area (Å²) >= 11 is 3.22. The molecule has 1 fully saturated rings. The number of ether oxygens (including phenoxy) is 1.